The highest BCUT2D eigenvalue weighted by atomic mass is 32.1. The second-order valence-electron chi connectivity index (χ2n) is 24.2. The molecule has 73 heavy (non-hydrogen) atoms. The summed E-state index contributed by atoms with van der Waals surface area (Å²) >= 11 is 15.0. The fourth-order valence-electron chi connectivity index (χ4n) is 15.6. The van der Waals surface area contributed by atoms with Gasteiger partial charge in [-0.1, -0.05) is 154 Å². The van der Waals surface area contributed by atoms with E-state index >= 15 is 0 Å². The van der Waals surface area contributed by atoms with Crippen LogP contribution in [0.4, 0.5) is 0 Å². The zero-order valence-electron chi connectivity index (χ0n) is 43.6. The molecule has 0 saturated heterocycles. The standard InChI is InChI=1S/C70H66S3/c1-44-30-49(25-24-48-26-28-50(29-27-48)70-38-67(41-71)35-68(39-70,42-72)37-69(36-67,40-70)43-73)31-45(2)62(44)64-56-20-12-8-16-52(56)60(53-17-9-13-21-57(53)64)34-61-54-18-10-14-22-58(54)65(59-23-15-11-19-55(59)61)63-46(3)32-51(33-47(63)4)66(5,6)7/h8-23,26-33,71-73H,35-43H2,1-7H3. The molecule has 364 valence electrons. The molecule has 0 nitrogen and oxygen atoms in total. The zero-order chi connectivity index (χ0) is 50.7. The van der Waals surface area contributed by atoms with Crippen LogP contribution in [0, 0.1) is 62.2 Å². The van der Waals surface area contributed by atoms with E-state index in [0.29, 0.717) is 0 Å². The lowest BCUT2D eigenvalue weighted by atomic mass is 9.35. The van der Waals surface area contributed by atoms with Crippen LogP contribution in [0.5, 0.6) is 0 Å². The molecule has 0 heterocycles. The normalized spacial score (nSPS) is 22.4. The van der Waals surface area contributed by atoms with Crippen molar-refractivity contribution in [3.63, 3.8) is 0 Å². The first kappa shape index (κ1) is 48.6. The highest BCUT2D eigenvalue weighted by Crippen LogP contribution is 2.74. The Hall–Kier alpha value is -5.37. The van der Waals surface area contributed by atoms with E-state index in [1.165, 1.54) is 137 Å². The van der Waals surface area contributed by atoms with Crippen LogP contribution >= 0.6 is 37.9 Å². The first-order valence-corrected chi connectivity index (χ1v) is 28.3. The highest BCUT2D eigenvalue weighted by Gasteiger charge is 2.67. The zero-order valence-corrected chi connectivity index (χ0v) is 46.2. The average molecular weight is 1000 g/mol. The van der Waals surface area contributed by atoms with E-state index in [-0.39, 0.29) is 27.1 Å². The molecule has 0 atom stereocenters. The number of fused-ring (bicyclic) bond motifs is 4. The van der Waals surface area contributed by atoms with Crippen LogP contribution in [0.1, 0.15) is 115 Å². The third kappa shape index (κ3) is 7.99. The monoisotopic (exact) mass is 1000 g/mol. The Kier molecular flexibility index (Phi) is 11.9. The lowest BCUT2D eigenvalue weighted by Gasteiger charge is -2.71. The van der Waals surface area contributed by atoms with Gasteiger partial charge in [0.1, 0.15) is 0 Å². The van der Waals surface area contributed by atoms with Crippen molar-refractivity contribution in [3.05, 3.63) is 208 Å². The summed E-state index contributed by atoms with van der Waals surface area (Å²) in [5.74, 6) is 10.0. The quantitative estimate of drug-likeness (QED) is 0.0754. The summed E-state index contributed by atoms with van der Waals surface area (Å²) < 4.78 is 0. The Balaban J connectivity index is 0.926. The second kappa shape index (κ2) is 17.9. The molecule has 2 radical (unpaired) electrons. The molecule has 3 heteroatoms. The second-order valence-corrected chi connectivity index (χ2v) is 25.1. The molecule has 4 fully saturated rings. The summed E-state index contributed by atoms with van der Waals surface area (Å²) in [5.41, 5.74) is 18.5. The van der Waals surface area contributed by atoms with Gasteiger partial charge in [-0.3, -0.25) is 0 Å². The summed E-state index contributed by atoms with van der Waals surface area (Å²) in [6.07, 6.45) is 11.7. The van der Waals surface area contributed by atoms with Crippen LogP contribution in [-0.2, 0) is 10.8 Å². The molecule has 0 aliphatic heterocycles. The maximum atomic E-state index is 5.01. The van der Waals surface area contributed by atoms with Gasteiger partial charge in [-0.2, -0.15) is 37.9 Å². The first-order chi connectivity index (χ1) is 35.1. The first-order valence-electron chi connectivity index (χ1n) is 26.4. The molecular formula is C70H66S3. The molecule has 0 amide bonds. The smallest absolute Gasteiger partial charge is 0.0528 e. The van der Waals surface area contributed by atoms with Gasteiger partial charge in [-0.15, -0.1) is 0 Å². The summed E-state index contributed by atoms with van der Waals surface area (Å²) in [4.78, 5) is 0. The molecule has 0 aromatic heterocycles. The number of thiol groups is 3. The molecule has 0 spiro atoms. The van der Waals surface area contributed by atoms with Crippen LogP contribution in [0.25, 0.3) is 65.3 Å². The molecule has 13 rings (SSSR count). The largest absolute Gasteiger partial charge is 0.179 e. The summed E-state index contributed by atoms with van der Waals surface area (Å²) in [6.45, 7) is 16.0. The highest BCUT2D eigenvalue weighted by molar-refractivity contribution is 7.80. The van der Waals surface area contributed by atoms with E-state index in [1.54, 1.807) is 0 Å². The van der Waals surface area contributed by atoms with Gasteiger partial charge >= 0.3 is 0 Å². The minimum atomic E-state index is 0.0650. The minimum Gasteiger partial charge on any atom is -0.179 e. The molecule has 4 aliphatic carbocycles. The third-order valence-corrected chi connectivity index (χ3v) is 19.8. The van der Waals surface area contributed by atoms with Gasteiger partial charge in [-0.25, -0.2) is 0 Å². The van der Waals surface area contributed by atoms with Gasteiger partial charge in [0, 0.05) is 11.1 Å². The van der Waals surface area contributed by atoms with Crippen molar-refractivity contribution in [2.75, 3.05) is 17.3 Å². The van der Waals surface area contributed by atoms with Crippen molar-refractivity contribution in [1.29, 1.82) is 0 Å². The van der Waals surface area contributed by atoms with Gasteiger partial charge in [-0.05, 0) is 245 Å². The summed E-state index contributed by atoms with van der Waals surface area (Å²) in [6, 6.07) is 54.6. The summed E-state index contributed by atoms with van der Waals surface area (Å²) in [7, 11) is 0. The topological polar surface area (TPSA) is 0 Å². The molecular weight excluding hydrogens is 937 g/mol. The molecule has 4 bridgehead atoms. The predicted molar refractivity (Wildman–Crippen MR) is 324 cm³/mol. The molecule has 0 N–H and O–H groups in total. The van der Waals surface area contributed by atoms with Crippen LogP contribution < -0.4 is 0 Å². The van der Waals surface area contributed by atoms with E-state index in [9.17, 15) is 0 Å². The van der Waals surface area contributed by atoms with E-state index in [4.69, 9.17) is 37.9 Å². The predicted octanol–water partition coefficient (Wildman–Crippen LogP) is 18.4. The van der Waals surface area contributed by atoms with Crippen molar-refractivity contribution >= 4 is 81.0 Å². The van der Waals surface area contributed by atoms with Crippen molar-refractivity contribution in [2.45, 2.75) is 97.8 Å². The Morgan fingerprint density at radius 1 is 0.397 bits per heavy atom. The minimum absolute atomic E-state index is 0.0650. The Morgan fingerprint density at radius 2 is 0.726 bits per heavy atom. The van der Waals surface area contributed by atoms with Crippen molar-refractivity contribution in [3.8, 4) is 34.1 Å². The van der Waals surface area contributed by atoms with E-state index < -0.39 is 0 Å². The molecule has 0 unspecified atom stereocenters. The van der Waals surface area contributed by atoms with Crippen LogP contribution in [0.15, 0.2) is 146 Å². The third-order valence-electron chi connectivity index (χ3n) is 17.8. The van der Waals surface area contributed by atoms with Gasteiger partial charge < -0.3 is 0 Å². The maximum Gasteiger partial charge on any atom is 0.0528 e. The lowest BCUT2D eigenvalue weighted by molar-refractivity contribution is -0.145. The van der Waals surface area contributed by atoms with Gasteiger partial charge in [0.05, 0.1) is 6.42 Å². The van der Waals surface area contributed by atoms with Crippen LogP contribution in [0.3, 0.4) is 0 Å². The lowest BCUT2D eigenvalue weighted by Crippen LogP contribution is -2.64. The molecule has 4 aliphatic rings. The van der Waals surface area contributed by atoms with Crippen molar-refractivity contribution < 1.29 is 0 Å². The molecule has 9 aromatic carbocycles. The van der Waals surface area contributed by atoms with Crippen molar-refractivity contribution in [2.24, 2.45) is 16.2 Å². The van der Waals surface area contributed by atoms with E-state index in [2.05, 4.69) is 212 Å². The SMILES string of the molecule is Cc1cc(C#Cc2ccc(C34CC5(CS)CC(CS)(CC(CS)(C5)C3)C4)cc2)cc(C)c1-c1c2ccccc2c([C]c2c3ccccc3c(-c3c(C)cc(C(C)(C)C)cc3C)c3ccccc23)c2ccccc12. The average Bonchev–Trinajstić information content (AvgIpc) is 3.39. The number of benzene rings is 9. The Morgan fingerprint density at radius 3 is 1.07 bits per heavy atom. The number of hydrogen-bond donors (Lipinski definition) is 3. The number of rotatable bonds is 8. The Labute approximate surface area is 451 Å². The van der Waals surface area contributed by atoms with Crippen LogP contribution in [-0.4, -0.2) is 17.3 Å². The van der Waals surface area contributed by atoms with Crippen molar-refractivity contribution in [1.82, 2.24) is 0 Å². The maximum absolute atomic E-state index is 5.01. The molecule has 4 saturated carbocycles. The van der Waals surface area contributed by atoms with E-state index in [1.807, 2.05) is 0 Å². The number of aryl methyl sites for hydroxylation is 4. The molecule has 9 aromatic rings. The summed E-state index contributed by atoms with van der Waals surface area (Å²) in [5, 5.41) is 9.76. The Bertz CT molecular complexity index is 3560. The van der Waals surface area contributed by atoms with Crippen LogP contribution in [0.2, 0.25) is 0 Å². The fourth-order valence-corrected chi connectivity index (χ4v) is 16.6. The fraction of sp³-hybridized carbons (Fsp3) is 0.300. The van der Waals surface area contributed by atoms with Gasteiger partial charge in [0.25, 0.3) is 0 Å². The number of hydrogen-bond acceptors (Lipinski definition) is 3. The van der Waals surface area contributed by atoms with Gasteiger partial charge in [0.2, 0.25) is 0 Å². The van der Waals surface area contributed by atoms with Gasteiger partial charge in [0.15, 0.2) is 0 Å². The van der Waals surface area contributed by atoms with E-state index in [0.717, 1.165) is 39.5 Å².